The van der Waals surface area contributed by atoms with E-state index in [0.29, 0.717) is 11.3 Å². The Morgan fingerprint density at radius 3 is 2.29 bits per heavy atom. The largest absolute Gasteiger partial charge is 0.416 e. The highest BCUT2D eigenvalue weighted by atomic mass is 19.4. The molecule has 0 aliphatic heterocycles. The summed E-state index contributed by atoms with van der Waals surface area (Å²) in [5, 5.41) is 16.6. The first-order valence-electron chi connectivity index (χ1n) is 10.2. The quantitative estimate of drug-likeness (QED) is 0.290. The molecule has 4 rings (SSSR count). The molecule has 4 aromatic rings. The standard InChI is InChI=1S/C26H17F3N4O/c27-26(28,29)21-10-7-11-22(15-21)31-25(34)19(16-30)14-20-17-33(23-12-5-2-6-13-23)32-24(20)18-8-3-1-4-9-18/h1-15,17H,(H,31,34). The molecule has 168 valence electrons. The number of carbonyl (C=O) groups is 1. The fraction of sp³-hybridized carbons (Fsp3) is 0.0385. The van der Waals surface area contributed by atoms with Crippen molar-refractivity contribution >= 4 is 17.7 Å². The normalized spacial score (nSPS) is 11.6. The van der Waals surface area contributed by atoms with Crippen molar-refractivity contribution in [1.82, 2.24) is 9.78 Å². The molecule has 1 heterocycles. The predicted octanol–water partition coefficient (Wildman–Crippen LogP) is 6.10. The van der Waals surface area contributed by atoms with Gasteiger partial charge in [0.1, 0.15) is 11.6 Å². The van der Waals surface area contributed by atoms with E-state index in [0.717, 1.165) is 23.4 Å². The molecule has 0 saturated carbocycles. The number of alkyl halides is 3. The van der Waals surface area contributed by atoms with E-state index in [4.69, 9.17) is 0 Å². The summed E-state index contributed by atoms with van der Waals surface area (Å²) in [6.07, 6.45) is -1.49. The van der Waals surface area contributed by atoms with Gasteiger partial charge in [-0.05, 0) is 36.4 Å². The van der Waals surface area contributed by atoms with Crippen LogP contribution in [-0.4, -0.2) is 15.7 Å². The van der Waals surface area contributed by atoms with Crippen molar-refractivity contribution < 1.29 is 18.0 Å². The highest BCUT2D eigenvalue weighted by Gasteiger charge is 2.30. The smallest absolute Gasteiger partial charge is 0.321 e. The van der Waals surface area contributed by atoms with Crippen molar-refractivity contribution in [2.24, 2.45) is 0 Å². The second-order valence-corrected chi connectivity index (χ2v) is 7.28. The summed E-state index contributed by atoms with van der Waals surface area (Å²) in [5.74, 6) is -0.826. The van der Waals surface area contributed by atoms with E-state index in [1.165, 1.54) is 18.2 Å². The van der Waals surface area contributed by atoms with Gasteiger partial charge in [0.15, 0.2) is 0 Å². The van der Waals surface area contributed by atoms with Gasteiger partial charge in [-0.25, -0.2) is 4.68 Å². The van der Waals surface area contributed by atoms with Crippen molar-refractivity contribution in [3.8, 4) is 23.0 Å². The molecule has 5 nitrogen and oxygen atoms in total. The molecule has 0 bridgehead atoms. The van der Waals surface area contributed by atoms with Crippen LogP contribution in [0.5, 0.6) is 0 Å². The maximum absolute atomic E-state index is 13.0. The van der Waals surface area contributed by atoms with Gasteiger partial charge in [0.05, 0.1) is 16.9 Å². The lowest BCUT2D eigenvalue weighted by molar-refractivity contribution is -0.137. The summed E-state index contributed by atoms with van der Waals surface area (Å²) < 4.78 is 40.6. The molecular formula is C26H17F3N4O. The fourth-order valence-electron chi connectivity index (χ4n) is 3.30. The molecule has 0 unspecified atom stereocenters. The highest BCUT2D eigenvalue weighted by Crippen LogP contribution is 2.31. The molecule has 0 aliphatic rings. The van der Waals surface area contributed by atoms with Crippen LogP contribution in [0.2, 0.25) is 0 Å². The molecular weight excluding hydrogens is 441 g/mol. The topological polar surface area (TPSA) is 70.7 Å². The van der Waals surface area contributed by atoms with Gasteiger partial charge in [0.2, 0.25) is 0 Å². The maximum Gasteiger partial charge on any atom is 0.416 e. The van der Waals surface area contributed by atoms with E-state index in [1.807, 2.05) is 66.7 Å². The average molecular weight is 458 g/mol. The first-order chi connectivity index (χ1) is 16.3. The average Bonchev–Trinajstić information content (AvgIpc) is 3.27. The summed E-state index contributed by atoms with van der Waals surface area (Å²) in [4.78, 5) is 12.7. The van der Waals surface area contributed by atoms with Crippen molar-refractivity contribution in [3.05, 3.63) is 108 Å². The van der Waals surface area contributed by atoms with Crippen LogP contribution in [0.1, 0.15) is 11.1 Å². The number of aromatic nitrogens is 2. The predicted molar refractivity (Wildman–Crippen MR) is 123 cm³/mol. The number of nitrogens with one attached hydrogen (secondary N) is 1. The second-order valence-electron chi connectivity index (χ2n) is 7.28. The number of para-hydroxylation sites is 1. The zero-order valence-corrected chi connectivity index (χ0v) is 17.6. The summed E-state index contributed by atoms with van der Waals surface area (Å²) in [6.45, 7) is 0. The minimum Gasteiger partial charge on any atom is -0.321 e. The van der Waals surface area contributed by atoms with Crippen LogP contribution in [0.15, 0.2) is 96.7 Å². The lowest BCUT2D eigenvalue weighted by atomic mass is 10.1. The molecule has 1 amide bonds. The van der Waals surface area contributed by atoms with Crippen molar-refractivity contribution in [3.63, 3.8) is 0 Å². The molecule has 1 aromatic heterocycles. The first-order valence-corrected chi connectivity index (χ1v) is 10.2. The number of nitriles is 1. The van der Waals surface area contributed by atoms with Gasteiger partial charge in [0, 0.05) is 23.0 Å². The summed E-state index contributed by atoms with van der Waals surface area (Å²) in [5.41, 5.74) is 1.37. The Morgan fingerprint density at radius 2 is 1.65 bits per heavy atom. The highest BCUT2D eigenvalue weighted by molar-refractivity contribution is 6.10. The van der Waals surface area contributed by atoms with Crippen LogP contribution in [0.25, 0.3) is 23.0 Å². The summed E-state index contributed by atoms with van der Waals surface area (Å²) >= 11 is 0. The molecule has 0 aliphatic carbocycles. The van der Waals surface area contributed by atoms with E-state index in [9.17, 15) is 23.2 Å². The molecule has 8 heteroatoms. The van der Waals surface area contributed by atoms with Crippen LogP contribution >= 0.6 is 0 Å². The van der Waals surface area contributed by atoms with Crippen LogP contribution in [-0.2, 0) is 11.0 Å². The third-order valence-electron chi connectivity index (χ3n) is 4.92. The van der Waals surface area contributed by atoms with Crippen LogP contribution in [0.4, 0.5) is 18.9 Å². The third-order valence-corrected chi connectivity index (χ3v) is 4.92. The number of nitrogens with zero attached hydrogens (tertiary/aromatic N) is 3. The Hall–Kier alpha value is -4.64. The minimum atomic E-state index is -4.55. The van der Waals surface area contributed by atoms with E-state index in [-0.39, 0.29) is 11.3 Å². The van der Waals surface area contributed by atoms with E-state index in [1.54, 1.807) is 10.9 Å². The summed E-state index contributed by atoms with van der Waals surface area (Å²) in [6, 6.07) is 24.6. The van der Waals surface area contributed by atoms with Crippen LogP contribution in [0, 0.1) is 11.3 Å². The van der Waals surface area contributed by atoms with Crippen molar-refractivity contribution in [1.29, 1.82) is 5.26 Å². The maximum atomic E-state index is 13.0. The van der Waals surface area contributed by atoms with Gasteiger partial charge in [-0.1, -0.05) is 54.6 Å². The van der Waals surface area contributed by atoms with Gasteiger partial charge in [-0.2, -0.15) is 23.5 Å². The SMILES string of the molecule is N#CC(=Cc1cn(-c2ccccc2)nc1-c1ccccc1)C(=O)Nc1cccc(C(F)(F)F)c1. The molecule has 0 fully saturated rings. The number of hydrogen-bond acceptors (Lipinski definition) is 3. The molecule has 34 heavy (non-hydrogen) atoms. The molecule has 3 aromatic carbocycles. The van der Waals surface area contributed by atoms with Gasteiger partial charge in [0.25, 0.3) is 5.91 Å². The number of anilines is 1. The van der Waals surface area contributed by atoms with E-state index >= 15 is 0 Å². The fourth-order valence-corrected chi connectivity index (χ4v) is 3.30. The number of rotatable bonds is 5. The molecule has 1 N–H and O–H groups in total. The van der Waals surface area contributed by atoms with Gasteiger partial charge >= 0.3 is 6.18 Å². The van der Waals surface area contributed by atoms with E-state index < -0.39 is 17.6 Å². The number of benzene rings is 3. The lowest BCUT2D eigenvalue weighted by Gasteiger charge is -2.09. The molecule has 0 saturated heterocycles. The minimum absolute atomic E-state index is 0.0655. The lowest BCUT2D eigenvalue weighted by Crippen LogP contribution is -2.14. The Bertz CT molecular complexity index is 1390. The molecule has 0 spiro atoms. The Balaban J connectivity index is 1.71. The van der Waals surface area contributed by atoms with Crippen LogP contribution in [0.3, 0.4) is 0 Å². The Morgan fingerprint density at radius 1 is 0.971 bits per heavy atom. The number of hydrogen-bond donors (Lipinski definition) is 1. The first kappa shape index (κ1) is 22.6. The Labute approximate surface area is 193 Å². The number of carbonyl (C=O) groups excluding carboxylic acids is 1. The zero-order chi connectivity index (χ0) is 24.1. The Kier molecular flexibility index (Phi) is 6.28. The van der Waals surface area contributed by atoms with Gasteiger partial charge < -0.3 is 5.32 Å². The second kappa shape index (κ2) is 9.46. The van der Waals surface area contributed by atoms with Crippen molar-refractivity contribution in [2.75, 3.05) is 5.32 Å². The van der Waals surface area contributed by atoms with E-state index in [2.05, 4.69) is 10.4 Å². The van der Waals surface area contributed by atoms with Gasteiger partial charge in [-0.15, -0.1) is 0 Å². The molecule has 0 atom stereocenters. The third kappa shape index (κ3) is 5.05. The van der Waals surface area contributed by atoms with Crippen molar-refractivity contribution in [2.45, 2.75) is 6.18 Å². The molecule has 0 radical (unpaired) electrons. The monoisotopic (exact) mass is 458 g/mol. The zero-order valence-electron chi connectivity index (χ0n) is 17.6. The number of halogens is 3. The van der Waals surface area contributed by atoms with Crippen LogP contribution < -0.4 is 5.32 Å². The summed E-state index contributed by atoms with van der Waals surface area (Å²) in [7, 11) is 0. The number of amides is 1. The van der Waals surface area contributed by atoms with Gasteiger partial charge in [-0.3, -0.25) is 4.79 Å².